The van der Waals surface area contributed by atoms with Crippen molar-refractivity contribution in [3.05, 3.63) is 58.1 Å². The zero-order valence-corrected chi connectivity index (χ0v) is 14.7. The number of benzene rings is 2. The van der Waals surface area contributed by atoms with E-state index in [2.05, 4.69) is 20.5 Å². The van der Waals surface area contributed by atoms with Crippen molar-refractivity contribution >= 4 is 35.1 Å². The van der Waals surface area contributed by atoms with Crippen LogP contribution < -0.4 is 10.1 Å². The lowest BCUT2D eigenvalue weighted by atomic mass is 10.1. The Balaban J connectivity index is 1.60. The predicted octanol–water partition coefficient (Wildman–Crippen LogP) is 4.10. The monoisotopic (exact) mass is 376 g/mol. The Hall–Kier alpha value is -2.57. The van der Waals surface area contributed by atoms with Gasteiger partial charge in [-0.3, -0.25) is 15.2 Å². The zero-order chi connectivity index (χ0) is 17.8. The highest BCUT2D eigenvalue weighted by atomic mass is 35.5. The molecule has 0 saturated carbocycles. The van der Waals surface area contributed by atoms with Gasteiger partial charge in [-0.25, -0.2) is 0 Å². The summed E-state index contributed by atoms with van der Waals surface area (Å²) in [5, 5.41) is 10.1. The van der Waals surface area contributed by atoms with Crippen molar-refractivity contribution in [3.8, 4) is 17.1 Å². The van der Waals surface area contributed by atoms with Crippen molar-refractivity contribution in [2.45, 2.75) is 6.92 Å². The number of H-pyrrole nitrogens is 1. The van der Waals surface area contributed by atoms with E-state index in [9.17, 15) is 4.79 Å². The number of halogens is 2. The maximum absolute atomic E-state index is 12.0. The van der Waals surface area contributed by atoms with Crippen LogP contribution in [0.25, 0.3) is 11.4 Å². The third-order valence-corrected chi connectivity index (χ3v) is 3.86. The van der Waals surface area contributed by atoms with E-state index in [0.717, 1.165) is 11.1 Å². The van der Waals surface area contributed by atoms with Gasteiger partial charge in [-0.15, -0.1) is 5.10 Å². The molecule has 0 radical (unpaired) electrons. The Morgan fingerprint density at radius 2 is 1.96 bits per heavy atom. The largest absolute Gasteiger partial charge is 0.482 e. The van der Waals surface area contributed by atoms with Crippen molar-refractivity contribution in [2.75, 3.05) is 11.9 Å². The van der Waals surface area contributed by atoms with Crippen molar-refractivity contribution in [1.29, 1.82) is 0 Å². The Bertz CT molecular complexity index is 894. The van der Waals surface area contributed by atoms with Crippen LogP contribution in [0.15, 0.2) is 42.5 Å². The highest BCUT2D eigenvalue weighted by molar-refractivity contribution is 6.34. The van der Waals surface area contributed by atoms with Gasteiger partial charge < -0.3 is 4.74 Å². The molecule has 2 N–H and O–H groups in total. The van der Waals surface area contributed by atoms with Crippen LogP contribution >= 0.6 is 23.2 Å². The molecule has 25 heavy (non-hydrogen) atoms. The van der Waals surface area contributed by atoms with Gasteiger partial charge in [0.15, 0.2) is 12.4 Å². The number of carbonyl (C=O) groups is 1. The van der Waals surface area contributed by atoms with Crippen LogP contribution in [0.4, 0.5) is 5.95 Å². The van der Waals surface area contributed by atoms with E-state index in [4.69, 9.17) is 27.9 Å². The van der Waals surface area contributed by atoms with Crippen LogP contribution in [-0.2, 0) is 4.79 Å². The van der Waals surface area contributed by atoms with Crippen LogP contribution in [0.5, 0.6) is 5.75 Å². The van der Waals surface area contributed by atoms with Gasteiger partial charge in [0.1, 0.15) is 5.75 Å². The molecule has 8 heteroatoms. The van der Waals surface area contributed by atoms with Crippen molar-refractivity contribution in [1.82, 2.24) is 15.2 Å². The Kier molecular flexibility index (Phi) is 5.21. The summed E-state index contributed by atoms with van der Waals surface area (Å²) in [5.74, 6) is 0.653. The number of anilines is 1. The van der Waals surface area contributed by atoms with Crippen LogP contribution in [-0.4, -0.2) is 27.7 Å². The number of amides is 1. The molecule has 128 valence electrons. The maximum Gasteiger partial charge on any atom is 0.264 e. The first kappa shape index (κ1) is 17.3. The van der Waals surface area contributed by atoms with Gasteiger partial charge in [-0.1, -0.05) is 53.0 Å². The molecule has 1 amide bonds. The molecule has 0 aliphatic heterocycles. The number of nitrogens with zero attached hydrogens (tertiary/aromatic N) is 2. The summed E-state index contributed by atoms with van der Waals surface area (Å²) in [6, 6.07) is 12.6. The number of aromatic amines is 1. The first-order chi connectivity index (χ1) is 12.0. The number of aromatic nitrogens is 3. The molecule has 0 unspecified atom stereocenters. The van der Waals surface area contributed by atoms with Crippen molar-refractivity contribution < 1.29 is 9.53 Å². The molecule has 0 spiro atoms. The molecule has 0 bridgehead atoms. The number of hydrogen-bond donors (Lipinski definition) is 2. The third kappa shape index (κ3) is 4.49. The summed E-state index contributed by atoms with van der Waals surface area (Å²) in [4.78, 5) is 16.2. The fourth-order valence-corrected chi connectivity index (χ4v) is 2.38. The topological polar surface area (TPSA) is 79.9 Å². The van der Waals surface area contributed by atoms with E-state index in [1.807, 2.05) is 31.2 Å². The average Bonchev–Trinajstić information content (AvgIpc) is 3.05. The first-order valence-corrected chi connectivity index (χ1v) is 8.14. The molecular weight excluding hydrogens is 363 g/mol. The summed E-state index contributed by atoms with van der Waals surface area (Å²) < 4.78 is 5.36. The number of carbonyl (C=O) groups excluding carboxylic acids is 1. The van der Waals surface area contributed by atoms with Gasteiger partial charge in [0.2, 0.25) is 5.95 Å². The Morgan fingerprint density at radius 3 is 2.72 bits per heavy atom. The van der Waals surface area contributed by atoms with E-state index in [0.29, 0.717) is 21.6 Å². The third-order valence-electron chi connectivity index (χ3n) is 3.31. The lowest BCUT2D eigenvalue weighted by Crippen LogP contribution is -2.21. The van der Waals surface area contributed by atoms with Gasteiger partial charge in [0, 0.05) is 16.7 Å². The van der Waals surface area contributed by atoms with Crippen molar-refractivity contribution in [2.24, 2.45) is 0 Å². The molecule has 0 saturated heterocycles. The summed E-state index contributed by atoms with van der Waals surface area (Å²) in [7, 11) is 0. The molecule has 3 aromatic rings. The molecule has 0 aliphatic rings. The molecule has 3 rings (SSSR count). The van der Waals surface area contributed by atoms with Crippen molar-refractivity contribution in [3.63, 3.8) is 0 Å². The van der Waals surface area contributed by atoms with Crippen LogP contribution in [0.3, 0.4) is 0 Å². The second-order valence-electron chi connectivity index (χ2n) is 5.29. The lowest BCUT2D eigenvalue weighted by molar-refractivity contribution is -0.118. The van der Waals surface area contributed by atoms with E-state index in [1.54, 1.807) is 18.2 Å². The summed E-state index contributed by atoms with van der Waals surface area (Å²) in [6.45, 7) is 1.76. The number of rotatable bonds is 5. The molecule has 1 aromatic heterocycles. The molecule has 1 heterocycles. The molecule has 6 nitrogen and oxygen atoms in total. The van der Waals surface area contributed by atoms with Gasteiger partial charge in [-0.05, 0) is 19.1 Å². The highest BCUT2D eigenvalue weighted by Crippen LogP contribution is 2.27. The SMILES string of the molecule is Cc1ccc(-c2nc(NC(=O)COc3cc(Cl)ccc3Cl)n[nH]2)cc1. The minimum absolute atomic E-state index is 0.168. The van der Waals surface area contributed by atoms with E-state index < -0.39 is 5.91 Å². The van der Waals surface area contributed by atoms with Crippen LogP contribution in [0.2, 0.25) is 10.0 Å². The molecule has 0 aliphatic carbocycles. The number of hydrogen-bond acceptors (Lipinski definition) is 4. The normalized spacial score (nSPS) is 10.5. The predicted molar refractivity (Wildman–Crippen MR) is 97.1 cm³/mol. The second-order valence-corrected chi connectivity index (χ2v) is 6.13. The fraction of sp³-hybridized carbons (Fsp3) is 0.118. The van der Waals surface area contributed by atoms with E-state index in [1.165, 1.54) is 0 Å². The molecular formula is C17H14Cl2N4O2. The van der Waals surface area contributed by atoms with Gasteiger partial charge in [-0.2, -0.15) is 4.98 Å². The first-order valence-electron chi connectivity index (χ1n) is 7.38. The van der Waals surface area contributed by atoms with E-state index in [-0.39, 0.29) is 12.6 Å². The summed E-state index contributed by atoms with van der Waals surface area (Å²) in [6.07, 6.45) is 0. The van der Waals surface area contributed by atoms with Crippen LogP contribution in [0.1, 0.15) is 5.56 Å². The Morgan fingerprint density at radius 1 is 1.20 bits per heavy atom. The zero-order valence-electron chi connectivity index (χ0n) is 13.2. The van der Waals surface area contributed by atoms with Gasteiger partial charge in [0.05, 0.1) is 5.02 Å². The van der Waals surface area contributed by atoms with Gasteiger partial charge in [0.25, 0.3) is 5.91 Å². The van der Waals surface area contributed by atoms with Gasteiger partial charge >= 0.3 is 0 Å². The standard InChI is InChI=1S/C17H14Cl2N4O2/c1-10-2-4-11(5-3-10)16-21-17(23-22-16)20-15(24)9-25-14-8-12(18)6-7-13(14)19/h2-8H,9H2,1H3,(H2,20,21,22,23,24). The number of ether oxygens (including phenoxy) is 1. The van der Waals surface area contributed by atoms with E-state index >= 15 is 0 Å². The quantitative estimate of drug-likeness (QED) is 0.702. The Labute approximate surface area is 154 Å². The minimum atomic E-state index is -0.412. The molecule has 0 fully saturated rings. The highest BCUT2D eigenvalue weighted by Gasteiger charge is 2.11. The van der Waals surface area contributed by atoms with Crippen LogP contribution in [0, 0.1) is 6.92 Å². The minimum Gasteiger partial charge on any atom is -0.482 e. The summed E-state index contributed by atoms with van der Waals surface area (Å²) in [5.41, 5.74) is 2.02. The fourth-order valence-electron chi connectivity index (χ4n) is 2.05. The second kappa shape index (κ2) is 7.55. The number of aryl methyl sites for hydroxylation is 1. The average molecular weight is 377 g/mol. The number of nitrogens with one attached hydrogen (secondary N) is 2. The smallest absolute Gasteiger partial charge is 0.264 e. The maximum atomic E-state index is 12.0. The molecule has 2 aromatic carbocycles. The lowest BCUT2D eigenvalue weighted by Gasteiger charge is -2.07. The molecule has 0 atom stereocenters. The summed E-state index contributed by atoms with van der Waals surface area (Å²) >= 11 is 11.8.